The van der Waals surface area contributed by atoms with Gasteiger partial charge in [0.25, 0.3) is 6.02 Å². The molecule has 0 aliphatic heterocycles. The Bertz CT molecular complexity index is 391. The highest BCUT2D eigenvalue weighted by Gasteiger charge is 2.32. The number of aliphatic imine (C=N–C) groups is 1. The Kier molecular flexibility index (Phi) is 5.98. The van der Waals surface area contributed by atoms with Crippen LogP contribution < -0.4 is 5.73 Å². The molecule has 5 nitrogen and oxygen atoms in total. The lowest BCUT2D eigenvalue weighted by Crippen LogP contribution is -2.38. The van der Waals surface area contributed by atoms with Crippen molar-refractivity contribution < 1.29 is 4.74 Å². The van der Waals surface area contributed by atoms with Gasteiger partial charge in [0.2, 0.25) is 0 Å². The Morgan fingerprint density at radius 2 is 1.38 bits per heavy atom. The Morgan fingerprint density at radius 3 is 1.76 bits per heavy atom. The second-order valence-corrected chi connectivity index (χ2v) is 8.94. The summed E-state index contributed by atoms with van der Waals surface area (Å²) in [7, 11) is 0. The van der Waals surface area contributed by atoms with Gasteiger partial charge in [0.15, 0.2) is 0 Å². The van der Waals surface area contributed by atoms with Crippen LogP contribution in [0, 0.1) is 10.3 Å². The van der Waals surface area contributed by atoms with Crippen molar-refractivity contribution in [3.63, 3.8) is 0 Å². The molecule has 0 aromatic carbocycles. The van der Waals surface area contributed by atoms with E-state index in [1.807, 2.05) is 27.7 Å². The van der Waals surface area contributed by atoms with Crippen molar-refractivity contribution in [2.75, 3.05) is 0 Å². The summed E-state index contributed by atoms with van der Waals surface area (Å²) in [4.78, 5) is 15.2. The van der Waals surface area contributed by atoms with Crippen LogP contribution in [0.2, 0.25) is 0 Å². The number of nitrogens with two attached hydrogens (primary N) is 1. The van der Waals surface area contributed by atoms with Gasteiger partial charge in [0.1, 0.15) is 5.60 Å². The third-order valence-electron chi connectivity index (χ3n) is 2.86. The molecule has 0 fully saturated rings. The van der Waals surface area contributed by atoms with Gasteiger partial charge in [0.05, 0.1) is 11.1 Å². The minimum absolute atomic E-state index is 0.142. The lowest BCUT2D eigenvalue weighted by atomic mass is 9.84. The van der Waals surface area contributed by atoms with E-state index in [0.29, 0.717) is 6.42 Å². The fourth-order valence-corrected chi connectivity index (χ4v) is 3.05. The Morgan fingerprint density at radius 1 is 0.905 bits per heavy atom. The summed E-state index contributed by atoms with van der Waals surface area (Å²) in [5, 5.41) is 3.14. The maximum Gasteiger partial charge on any atom is 0.282 e. The summed E-state index contributed by atoms with van der Waals surface area (Å²) in [6.07, 6.45) is 1.37. The monoisotopic (exact) mass is 299 g/mol. The molecule has 0 aromatic rings. The van der Waals surface area contributed by atoms with E-state index >= 15 is 0 Å². The topological polar surface area (TPSA) is 77.0 Å². The molecule has 21 heavy (non-hydrogen) atoms. The second kappa shape index (κ2) is 6.32. The summed E-state index contributed by atoms with van der Waals surface area (Å²) in [6.45, 7) is 17.9. The molecule has 5 heteroatoms. The van der Waals surface area contributed by atoms with Crippen LogP contribution >= 0.6 is 0 Å². The van der Waals surface area contributed by atoms with E-state index in [1.54, 1.807) is 13.8 Å². The predicted octanol–water partition coefficient (Wildman–Crippen LogP) is 4.25. The molecule has 0 unspecified atom stereocenters. The summed E-state index contributed by atoms with van der Waals surface area (Å²) in [6, 6.07) is 0.163. The largest absolute Gasteiger partial charge is 0.459 e. The molecule has 0 radical (unpaired) electrons. The van der Waals surface area contributed by atoms with E-state index in [0.717, 1.165) is 6.42 Å². The highest BCUT2D eigenvalue weighted by Crippen LogP contribution is 2.30. The Labute approximate surface area is 129 Å². The van der Waals surface area contributed by atoms with Gasteiger partial charge in [-0.25, -0.2) is 4.99 Å². The first-order valence-electron chi connectivity index (χ1n) is 7.46. The SMILES string of the molecule is CC(C)(C)CC(C)(C)OC(N)=NC(C)(C)CC(C)(C)N=O. The first kappa shape index (κ1) is 19.9. The number of hydrogen-bond donors (Lipinski definition) is 1. The highest BCUT2D eigenvalue weighted by atomic mass is 16.5. The second-order valence-electron chi connectivity index (χ2n) is 8.94. The molecule has 0 aliphatic rings. The predicted molar refractivity (Wildman–Crippen MR) is 89.4 cm³/mol. The summed E-state index contributed by atoms with van der Waals surface area (Å²) < 4.78 is 5.82. The first-order chi connectivity index (χ1) is 9.08. The van der Waals surface area contributed by atoms with Crippen LogP contribution in [0.1, 0.15) is 75.2 Å². The maximum atomic E-state index is 10.8. The fourth-order valence-electron chi connectivity index (χ4n) is 3.05. The minimum atomic E-state index is -0.672. The first-order valence-corrected chi connectivity index (χ1v) is 7.46. The van der Waals surface area contributed by atoms with Crippen molar-refractivity contribution in [2.45, 2.75) is 91.8 Å². The van der Waals surface area contributed by atoms with Gasteiger partial charge in [-0.05, 0) is 53.4 Å². The van der Waals surface area contributed by atoms with Crippen LogP contribution in [0.4, 0.5) is 0 Å². The zero-order valence-electron chi connectivity index (χ0n) is 15.2. The summed E-state index contributed by atoms with van der Waals surface area (Å²) >= 11 is 0. The van der Waals surface area contributed by atoms with Crippen molar-refractivity contribution >= 4 is 6.02 Å². The molecule has 2 N–H and O–H groups in total. The van der Waals surface area contributed by atoms with Crippen LogP contribution in [0.25, 0.3) is 0 Å². The minimum Gasteiger partial charge on any atom is -0.459 e. The Balaban J connectivity index is 4.91. The lowest BCUT2D eigenvalue weighted by molar-refractivity contribution is 0.0471. The van der Waals surface area contributed by atoms with Gasteiger partial charge in [-0.2, -0.15) is 4.91 Å². The molecule has 0 rings (SSSR count). The van der Waals surface area contributed by atoms with Crippen LogP contribution in [-0.2, 0) is 4.74 Å². The number of hydrogen-bond acceptors (Lipinski definition) is 4. The molecular weight excluding hydrogens is 266 g/mol. The lowest BCUT2D eigenvalue weighted by Gasteiger charge is -2.33. The molecule has 0 aromatic heterocycles. The molecular formula is C16H33N3O2. The van der Waals surface area contributed by atoms with Crippen molar-refractivity contribution in [1.82, 2.24) is 0 Å². The molecule has 0 amide bonds. The number of nitrogens with zero attached hydrogens (tertiary/aromatic N) is 2. The average Bonchev–Trinajstić information content (AvgIpc) is 2.08. The number of rotatable bonds is 6. The normalized spacial score (nSPS) is 15.0. The highest BCUT2D eigenvalue weighted by molar-refractivity contribution is 5.72. The van der Waals surface area contributed by atoms with Crippen molar-refractivity contribution in [1.29, 1.82) is 0 Å². The standard InChI is InChI=1S/C16H33N3O2/c1-13(2,3)10-16(8,9)21-12(17)18-14(4,5)11-15(6,7)19-20/h10-11H2,1-9H3,(H2,17,18). The average molecular weight is 299 g/mol. The molecule has 0 atom stereocenters. The van der Waals surface area contributed by atoms with E-state index in [1.165, 1.54) is 0 Å². The van der Waals surface area contributed by atoms with E-state index in [9.17, 15) is 4.91 Å². The van der Waals surface area contributed by atoms with E-state index in [2.05, 4.69) is 30.9 Å². The Hall–Kier alpha value is -1.13. The third kappa shape index (κ3) is 9.43. The molecule has 0 bridgehead atoms. The van der Waals surface area contributed by atoms with Crippen molar-refractivity contribution in [3.8, 4) is 0 Å². The van der Waals surface area contributed by atoms with Crippen LogP contribution in [0.3, 0.4) is 0 Å². The fraction of sp³-hybridized carbons (Fsp3) is 0.938. The number of nitroso groups, excluding NO2 is 1. The maximum absolute atomic E-state index is 10.8. The van der Waals surface area contributed by atoms with E-state index in [4.69, 9.17) is 10.5 Å². The van der Waals surface area contributed by atoms with Gasteiger partial charge in [-0.3, -0.25) is 0 Å². The van der Waals surface area contributed by atoms with Gasteiger partial charge in [-0.1, -0.05) is 25.9 Å². The van der Waals surface area contributed by atoms with Gasteiger partial charge < -0.3 is 10.5 Å². The van der Waals surface area contributed by atoms with Gasteiger partial charge in [0, 0.05) is 6.42 Å². The molecule has 0 heterocycles. The summed E-state index contributed by atoms with van der Waals surface area (Å²) in [5.74, 6) is 0. The third-order valence-corrected chi connectivity index (χ3v) is 2.86. The molecule has 0 saturated heterocycles. The molecule has 0 saturated carbocycles. The van der Waals surface area contributed by atoms with Crippen LogP contribution in [0.5, 0.6) is 0 Å². The van der Waals surface area contributed by atoms with Gasteiger partial charge in [-0.15, -0.1) is 0 Å². The van der Waals surface area contributed by atoms with Gasteiger partial charge >= 0.3 is 0 Å². The van der Waals surface area contributed by atoms with Crippen LogP contribution in [0.15, 0.2) is 10.2 Å². The zero-order valence-corrected chi connectivity index (χ0v) is 15.2. The van der Waals surface area contributed by atoms with Crippen molar-refractivity contribution in [3.05, 3.63) is 4.91 Å². The molecule has 124 valence electrons. The van der Waals surface area contributed by atoms with E-state index in [-0.39, 0.29) is 17.0 Å². The van der Waals surface area contributed by atoms with Crippen LogP contribution in [-0.4, -0.2) is 22.7 Å². The van der Waals surface area contributed by atoms with E-state index < -0.39 is 11.1 Å². The zero-order chi connectivity index (χ0) is 17.1. The molecule has 0 aliphatic carbocycles. The van der Waals surface area contributed by atoms with Crippen molar-refractivity contribution in [2.24, 2.45) is 21.3 Å². The molecule has 0 spiro atoms. The summed E-state index contributed by atoms with van der Waals surface area (Å²) in [5.41, 5.74) is 4.52. The smallest absolute Gasteiger partial charge is 0.282 e. The number of ether oxygens (including phenoxy) is 1. The number of amidine groups is 1. The quantitative estimate of drug-likeness (QED) is 0.452.